The van der Waals surface area contributed by atoms with Gasteiger partial charge in [0.2, 0.25) is 0 Å². The van der Waals surface area contributed by atoms with E-state index in [-0.39, 0.29) is 42.2 Å². The third-order valence-electron chi connectivity index (χ3n) is 0. The molecule has 0 aliphatic heterocycles. The summed E-state index contributed by atoms with van der Waals surface area (Å²) in [4.78, 5) is 0. The summed E-state index contributed by atoms with van der Waals surface area (Å²) >= 11 is 0. The molecule has 0 bridgehead atoms. The molecule has 0 fully saturated rings. The van der Waals surface area contributed by atoms with Crippen molar-refractivity contribution in [2.24, 2.45) is 0 Å². The lowest BCUT2D eigenvalue weighted by Gasteiger charge is -0.270. The van der Waals surface area contributed by atoms with E-state index in [0.29, 0.717) is 0 Å². The van der Waals surface area contributed by atoms with Crippen LogP contribution in [-0.2, 0) is 0 Å². The Morgan fingerprint density at radius 3 is 0.500 bits per heavy atom. The highest BCUT2D eigenvalue weighted by Crippen LogP contribution is 0.690. The second-order valence-corrected chi connectivity index (χ2v) is 0. The Kier molecular flexibility index (Phi) is 999000. The molecule has 0 nitrogen and oxygen atoms in total. The van der Waals surface area contributed by atoms with E-state index in [4.69, 9.17) is 0 Å². The highest BCUT2D eigenvalue weighted by atomic mass is 35.5. The lowest BCUT2D eigenvalue weighted by molar-refractivity contribution is 1.11. The van der Waals surface area contributed by atoms with Crippen LogP contribution in [0.1, 0.15) is 0 Å². The van der Waals surface area contributed by atoms with Crippen molar-refractivity contribution in [1.82, 2.24) is 0 Å². The molecule has 0 saturated carbocycles. The van der Waals surface area contributed by atoms with E-state index in [0.717, 1.165) is 0 Å². The van der Waals surface area contributed by atoms with Gasteiger partial charge in [-0.15, -0.1) is 12.4 Å². The van der Waals surface area contributed by atoms with Crippen molar-refractivity contribution < 1.29 is 18.8 Å². The highest BCUT2D eigenvalue weighted by molar-refractivity contribution is 5.85. The van der Waals surface area contributed by atoms with Crippen LogP contribution in [0.25, 0.3) is 0 Å². The lowest BCUT2D eigenvalue weighted by atomic mass is 19.0. The fraction of sp³-hybridized carbons (Fsp3) is 0. The van der Waals surface area contributed by atoms with Crippen molar-refractivity contribution in [3.63, 3.8) is 0 Å². The zero-order chi connectivity index (χ0) is 0. The third-order valence-corrected chi connectivity index (χ3v) is 0. The predicted octanol–water partition coefficient (Wildman–Crippen LogP) is -0.420. The van der Waals surface area contributed by atoms with Gasteiger partial charge >= 0.3 is 0 Å². The van der Waals surface area contributed by atoms with Crippen LogP contribution in [0.3, 0.4) is 0 Å². The van der Waals surface area contributed by atoms with Crippen LogP contribution in [0.15, 0.2) is 0 Å². The molecule has 0 N–H and O–H groups in total. The summed E-state index contributed by atoms with van der Waals surface area (Å²) in [5, 5.41) is 0. The normalized spacial score (nSPS) is 0. The molecule has 6 heteroatoms. The summed E-state index contributed by atoms with van der Waals surface area (Å²) in [6.07, 6.45) is 0. The van der Waals surface area contributed by atoms with Crippen molar-refractivity contribution in [2.75, 3.05) is 0 Å². The Morgan fingerprint density at radius 1 is 0.500 bits per heavy atom. The Hall–Kier alpha value is 0.227. The molecule has 0 aliphatic carbocycles. The summed E-state index contributed by atoms with van der Waals surface area (Å²) in [6.45, 7) is 0. The predicted molar refractivity (Wildman–Crippen MR) is 28.6 cm³/mol. The molecule has 0 saturated heterocycles. The molecule has 0 spiro atoms. The Balaban J connectivity index is 0. The van der Waals surface area contributed by atoms with Crippen LogP contribution in [0.5, 0.6) is 0 Å². The molecule has 0 radical (unpaired) electrons. The number of hydrogen-bond acceptors (Lipinski definition) is 0. The van der Waals surface area contributed by atoms with Crippen LogP contribution in [0.4, 0.5) is 18.8 Å². The molecule has 0 atom stereocenters. The van der Waals surface area contributed by atoms with Gasteiger partial charge in [-0.05, 0) is 11.0 Å². The first kappa shape index (κ1) is 3300. The summed E-state index contributed by atoms with van der Waals surface area (Å²) in [5.74, 6) is 0. The van der Waals surface area contributed by atoms with E-state index >= 15 is 0 Å². The van der Waals surface area contributed by atoms with Gasteiger partial charge in [0.25, 0.3) is 0 Å². The third kappa shape index (κ3) is 855. The summed E-state index contributed by atoms with van der Waals surface area (Å²) in [6, 6.07) is 0. The molecular weight excluding hydrogens is 140 g/mol. The Bertz CT molecular complexity index is 7.51. The topological polar surface area (TPSA) is 0 Å². The van der Waals surface area contributed by atoms with Gasteiger partial charge < -0.3 is 0 Å². The quantitative estimate of drug-likeness (QED) is 0.324. The summed E-state index contributed by atoms with van der Waals surface area (Å²) < 4.78 is 0. The first-order valence-corrected chi connectivity index (χ1v) is 0. The van der Waals surface area contributed by atoms with Crippen molar-refractivity contribution in [3.8, 4) is 0 Å². The number of hydrogen-bond donors (Lipinski definition) is 0. The highest BCUT2D eigenvalue weighted by Gasteiger charge is -0.0148. The van der Waals surface area contributed by atoms with Crippen LogP contribution in [-0.4, -0.2) is 11.0 Å². The van der Waals surface area contributed by atoms with Crippen molar-refractivity contribution in [1.29, 1.82) is 0 Å². The van der Waals surface area contributed by atoms with Gasteiger partial charge in [0.15, 0.2) is 0 Å². The fourth-order valence-corrected chi connectivity index (χ4v) is 0. The molecule has 0 heterocycles. The molecule has 0 aliphatic rings. The number of rotatable bonds is 0. The zero-order valence-electron chi connectivity index (χ0n) is 2.04. The Labute approximate surface area is 43.2 Å². The molecule has 0 amide bonds. The molecular formula is H9ClF4Si. The monoisotopic (exact) mass is 148 g/mol. The van der Waals surface area contributed by atoms with Crippen LogP contribution >= 0.6 is 12.4 Å². The van der Waals surface area contributed by atoms with Crippen molar-refractivity contribution in [3.05, 3.63) is 0 Å². The second kappa shape index (κ2) is 1810. The van der Waals surface area contributed by atoms with Gasteiger partial charge in [-0.2, -0.15) is 0 Å². The number of halogens is 5. The first-order valence-electron chi connectivity index (χ1n) is 0. The van der Waals surface area contributed by atoms with E-state index in [2.05, 4.69) is 0 Å². The summed E-state index contributed by atoms with van der Waals surface area (Å²) in [7, 11) is 0. The smallest absolute Gasteiger partial charge is 0.0149 e. The van der Waals surface area contributed by atoms with Gasteiger partial charge in [-0.1, -0.05) is 0 Å². The molecule has 0 unspecified atom stereocenters. The average molecular weight is 149 g/mol. The average Bonchev–Trinajstić information content (AvgIpc) is 0. The minimum Gasteiger partial charge on any atom is -0.269 e. The molecule has 48 valence electrons. The van der Waals surface area contributed by atoms with E-state index in [1.807, 2.05) is 0 Å². The molecule has 0 aromatic heterocycles. The maximum absolute atomic E-state index is 0. The van der Waals surface area contributed by atoms with E-state index in [1.54, 1.807) is 0 Å². The standard InChI is InChI=1S/ClH.4FH.H4Si/h5*1H;1H4. The van der Waals surface area contributed by atoms with Crippen molar-refractivity contribution in [2.45, 2.75) is 0 Å². The second-order valence-electron chi connectivity index (χ2n) is 0. The van der Waals surface area contributed by atoms with Crippen LogP contribution in [0.2, 0.25) is 0 Å². The van der Waals surface area contributed by atoms with Gasteiger partial charge in [0.1, 0.15) is 0 Å². The van der Waals surface area contributed by atoms with Gasteiger partial charge in [0, 0.05) is 0 Å². The Morgan fingerprint density at radius 2 is 0.500 bits per heavy atom. The largest absolute Gasteiger partial charge is 0.269 e. The van der Waals surface area contributed by atoms with E-state index < -0.39 is 0 Å². The fourth-order valence-electron chi connectivity index (χ4n) is 0. The van der Waals surface area contributed by atoms with Gasteiger partial charge in [0.05, 0.1) is 0 Å². The maximum atomic E-state index is 0. The van der Waals surface area contributed by atoms with Gasteiger partial charge in [-0.25, -0.2) is 0 Å². The molecule has 0 aromatic rings. The van der Waals surface area contributed by atoms with Crippen LogP contribution < -0.4 is 0 Å². The van der Waals surface area contributed by atoms with Crippen molar-refractivity contribution >= 4 is 23.4 Å². The lowest BCUT2D eigenvalue weighted by Crippen LogP contribution is -0.381. The minimum atomic E-state index is 0. The summed E-state index contributed by atoms with van der Waals surface area (Å²) in [5.41, 5.74) is 0. The maximum Gasteiger partial charge on any atom is -0.0149 e. The molecule has 0 aromatic carbocycles. The van der Waals surface area contributed by atoms with E-state index in [9.17, 15) is 0 Å². The molecule has 0 rings (SSSR count). The zero-order valence-corrected chi connectivity index (χ0v) is 2.86. The van der Waals surface area contributed by atoms with E-state index in [1.165, 1.54) is 0 Å². The minimum absolute atomic E-state index is 0. The van der Waals surface area contributed by atoms with Gasteiger partial charge in [-0.3, -0.25) is 18.8 Å². The SMILES string of the molecule is Cl.F.F.F.F.[SiH4]. The first-order chi connectivity index (χ1) is 0. The van der Waals surface area contributed by atoms with Crippen LogP contribution in [0, 0.1) is 0 Å². The molecule has 6 heavy (non-hydrogen) atoms.